The second kappa shape index (κ2) is 10.4. The third kappa shape index (κ3) is 5.99. The van der Waals surface area contributed by atoms with Gasteiger partial charge in [0.25, 0.3) is 0 Å². The lowest BCUT2D eigenvalue weighted by Gasteiger charge is -2.33. The molecular formula is C27H26F4N4O2S. The number of fused-ring (bicyclic) bond motifs is 1. The summed E-state index contributed by atoms with van der Waals surface area (Å²) in [4.78, 5) is 6.88. The van der Waals surface area contributed by atoms with Gasteiger partial charge in [-0.2, -0.15) is 13.2 Å². The summed E-state index contributed by atoms with van der Waals surface area (Å²) in [6.45, 7) is 1.49. The summed E-state index contributed by atoms with van der Waals surface area (Å²) in [6.07, 6.45) is -3.53. The largest absolute Gasteiger partial charge is 0.416 e. The van der Waals surface area contributed by atoms with Gasteiger partial charge in [-0.1, -0.05) is 42.5 Å². The number of anilines is 1. The molecule has 38 heavy (non-hydrogen) atoms. The van der Waals surface area contributed by atoms with E-state index in [1.165, 1.54) is 24.3 Å². The number of sulfonamides is 1. The van der Waals surface area contributed by atoms with Gasteiger partial charge < -0.3 is 9.47 Å². The number of hydrogen-bond acceptors (Lipinski definition) is 4. The zero-order valence-corrected chi connectivity index (χ0v) is 21.1. The first-order valence-corrected chi connectivity index (χ1v) is 13.8. The predicted molar refractivity (Wildman–Crippen MR) is 138 cm³/mol. The molecule has 200 valence electrons. The number of aromatic nitrogens is 2. The Kier molecular flexibility index (Phi) is 7.15. The van der Waals surface area contributed by atoms with Crippen LogP contribution in [0.25, 0.3) is 11.0 Å². The average Bonchev–Trinajstić information content (AvgIpc) is 3.22. The minimum absolute atomic E-state index is 0.0795. The summed E-state index contributed by atoms with van der Waals surface area (Å²) in [5.41, 5.74) is 1.72. The number of benzene rings is 3. The molecule has 4 aromatic rings. The molecule has 0 radical (unpaired) electrons. The zero-order chi connectivity index (χ0) is 26.9. The quantitative estimate of drug-likeness (QED) is 0.318. The van der Waals surface area contributed by atoms with Gasteiger partial charge in [-0.05, 0) is 54.3 Å². The Bertz CT molecular complexity index is 1540. The van der Waals surface area contributed by atoms with Crippen molar-refractivity contribution in [1.29, 1.82) is 0 Å². The number of alkyl halides is 3. The van der Waals surface area contributed by atoms with Crippen LogP contribution in [-0.4, -0.2) is 37.1 Å². The van der Waals surface area contributed by atoms with Gasteiger partial charge in [0.2, 0.25) is 16.0 Å². The number of nitrogens with one attached hydrogen (secondary N) is 1. The smallest absolute Gasteiger partial charge is 0.342 e. The van der Waals surface area contributed by atoms with Crippen LogP contribution >= 0.6 is 0 Å². The molecule has 0 saturated carbocycles. The van der Waals surface area contributed by atoms with E-state index < -0.39 is 27.5 Å². The van der Waals surface area contributed by atoms with Crippen molar-refractivity contribution in [2.75, 3.05) is 18.0 Å². The average molecular weight is 547 g/mol. The molecule has 0 bridgehead atoms. The number of nitrogens with zero attached hydrogens (tertiary/aromatic N) is 3. The van der Waals surface area contributed by atoms with Crippen LogP contribution in [0.2, 0.25) is 0 Å². The molecule has 1 aromatic heterocycles. The Morgan fingerprint density at radius 2 is 1.63 bits per heavy atom. The van der Waals surface area contributed by atoms with E-state index in [1.54, 1.807) is 6.07 Å². The van der Waals surface area contributed by atoms with Gasteiger partial charge in [-0.15, -0.1) is 0 Å². The lowest BCUT2D eigenvalue weighted by Crippen LogP contribution is -2.45. The van der Waals surface area contributed by atoms with Crippen LogP contribution < -0.4 is 9.62 Å². The van der Waals surface area contributed by atoms with Crippen LogP contribution in [0.3, 0.4) is 0 Å². The number of imidazole rings is 1. The Balaban J connectivity index is 1.28. The SMILES string of the molecule is O=S(=O)(Cc1cccc(C(F)(F)F)c1)NC1CCN(c2nc3ccccc3n2Cc2cccc(F)c2)CC1. The van der Waals surface area contributed by atoms with Crippen molar-refractivity contribution in [3.63, 3.8) is 0 Å². The van der Waals surface area contributed by atoms with Gasteiger partial charge in [-0.3, -0.25) is 0 Å². The van der Waals surface area contributed by atoms with Gasteiger partial charge in [0, 0.05) is 19.1 Å². The Morgan fingerprint density at radius 3 is 2.37 bits per heavy atom. The number of para-hydroxylation sites is 2. The Morgan fingerprint density at radius 1 is 0.921 bits per heavy atom. The van der Waals surface area contributed by atoms with E-state index in [9.17, 15) is 26.0 Å². The fourth-order valence-electron chi connectivity index (χ4n) is 4.83. The van der Waals surface area contributed by atoms with Gasteiger partial charge >= 0.3 is 6.18 Å². The summed E-state index contributed by atoms with van der Waals surface area (Å²) in [7, 11) is -3.84. The van der Waals surface area contributed by atoms with Crippen molar-refractivity contribution in [3.05, 3.63) is 95.3 Å². The van der Waals surface area contributed by atoms with E-state index >= 15 is 0 Å². The van der Waals surface area contributed by atoms with Crippen LogP contribution in [0.4, 0.5) is 23.5 Å². The first-order chi connectivity index (χ1) is 18.1. The van der Waals surface area contributed by atoms with Crippen molar-refractivity contribution in [2.45, 2.75) is 37.4 Å². The van der Waals surface area contributed by atoms with E-state index in [4.69, 9.17) is 4.98 Å². The molecule has 1 aliphatic rings. The number of rotatable bonds is 7. The van der Waals surface area contributed by atoms with Crippen molar-refractivity contribution in [1.82, 2.24) is 14.3 Å². The van der Waals surface area contributed by atoms with Crippen molar-refractivity contribution < 1.29 is 26.0 Å². The summed E-state index contributed by atoms with van der Waals surface area (Å²) in [5.74, 6) is -0.118. The van der Waals surface area contributed by atoms with E-state index in [1.807, 2.05) is 34.9 Å². The van der Waals surface area contributed by atoms with Gasteiger partial charge in [0.1, 0.15) is 5.82 Å². The number of hydrogen-bond donors (Lipinski definition) is 1. The van der Waals surface area contributed by atoms with Gasteiger partial charge in [-0.25, -0.2) is 22.5 Å². The van der Waals surface area contributed by atoms with E-state index in [0.29, 0.717) is 32.5 Å². The van der Waals surface area contributed by atoms with Gasteiger partial charge in [0.05, 0.1) is 28.9 Å². The molecule has 6 nitrogen and oxygen atoms in total. The molecule has 0 amide bonds. The normalized spacial score (nSPS) is 15.3. The van der Waals surface area contributed by atoms with Crippen LogP contribution in [0.1, 0.15) is 29.5 Å². The first kappa shape index (κ1) is 26.2. The second-order valence-corrected chi connectivity index (χ2v) is 11.2. The van der Waals surface area contributed by atoms with Crippen LogP contribution in [-0.2, 0) is 28.5 Å². The second-order valence-electron chi connectivity index (χ2n) is 9.45. The highest BCUT2D eigenvalue weighted by molar-refractivity contribution is 7.88. The Hall–Kier alpha value is -3.44. The highest BCUT2D eigenvalue weighted by Gasteiger charge is 2.31. The molecule has 1 N–H and O–H groups in total. The van der Waals surface area contributed by atoms with Crippen molar-refractivity contribution >= 4 is 27.0 Å². The molecule has 0 unspecified atom stereocenters. The van der Waals surface area contributed by atoms with Crippen LogP contribution in [0.15, 0.2) is 72.8 Å². The van der Waals surface area contributed by atoms with Crippen LogP contribution in [0.5, 0.6) is 0 Å². The fraction of sp³-hybridized carbons (Fsp3) is 0.296. The maximum atomic E-state index is 13.8. The molecule has 11 heteroatoms. The molecule has 0 spiro atoms. The summed E-state index contributed by atoms with van der Waals surface area (Å²) >= 11 is 0. The molecule has 0 aliphatic carbocycles. The maximum Gasteiger partial charge on any atom is 0.416 e. The minimum atomic E-state index is -4.54. The number of piperidine rings is 1. The molecule has 3 aromatic carbocycles. The monoisotopic (exact) mass is 546 g/mol. The summed E-state index contributed by atoms with van der Waals surface area (Å²) in [6, 6.07) is 18.1. The third-order valence-electron chi connectivity index (χ3n) is 6.60. The third-order valence-corrected chi connectivity index (χ3v) is 8.00. The molecular weight excluding hydrogens is 520 g/mol. The van der Waals surface area contributed by atoms with E-state index in [-0.39, 0.29) is 17.4 Å². The zero-order valence-electron chi connectivity index (χ0n) is 20.3. The molecule has 1 aliphatic heterocycles. The molecule has 1 saturated heterocycles. The maximum absolute atomic E-state index is 13.8. The fourth-order valence-corrected chi connectivity index (χ4v) is 6.27. The molecule has 0 atom stereocenters. The van der Waals surface area contributed by atoms with E-state index in [0.717, 1.165) is 34.7 Å². The lowest BCUT2D eigenvalue weighted by molar-refractivity contribution is -0.137. The topological polar surface area (TPSA) is 67.2 Å². The highest BCUT2D eigenvalue weighted by atomic mass is 32.2. The molecule has 1 fully saturated rings. The van der Waals surface area contributed by atoms with Crippen molar-refractivity contribution in [2.24, 2.45) is 0 Å². The van der Waals surface area contributed by atoms with Gasteiger partial charge in [0.15, 0.2) is 0 Å². The minimum Gasteiger partial charge on any atom is -0.342 e. The molecule has 2 heterocycles. The number of halogens is 4. The predicted octanol–water partition coefficient (Wildman–Crippen LogP) is 5.33. The van der Waals surface area contributed by atoms with Crippen LogP contribution in [0, 0.1) is 5.82 Å². The van der Waals surface area contributed by atoms with Crippen molar-refractivity contribution in [3.8, 4) is 0 Å². The standard InChI is InChI=1S/C27H26F4N4O2S/c28-22-8-4-5-19(16-22)17-35-25-10-2-1-9-24(25)32-26(35)34-13-11-23(12-14-34)33-38(36,37)18-20-6-3-7-21(15-20)27(29,30)31/h1-10,15-16,23,33H,11-14,17-18H2. The summed E-state index contributed by atoms with van der Waals surface area (Å²) < 4.78 is 82.9. The lowest BCUT2D eigenvalue weighted by atomic mass is 10.1. The Labute approximate surface area is 218 Å². The first-order valence-electron chi connectivity index (χ1n) is 12.2. The highest BCUT2D eigenvalue weighted by Crippen LogP contribution is 2.30. The summed E-state index contributed by atoms with van der Waals surface area (Å²) in [5, 5.41) is 0. The van der Waals surface area contributed by atoms with E-state index in [2.05, 4.69) is 9.62 Å². The molecule has 5 rings (SSSR count).